The molecular formula is C13H12F3N3O. The smallest absolute Gasteiger partial charge is 0.435 e. The number of anilines is 1. The standard InChI is InChI=1S/C13H12F3N3O/c1-20-10-4-2-3-9(7-10)8-17-12-6-5-11(18-19-12)13(14,15)16/h2-7H,8H2,1H3,(H,17,19). The summed E-state index contributed by atoms with van der Waals surface area (Å²) in [6.45, 7) is 0.414. The van der Waals surface area contributed by atoms with Gasteiger partial charge in [0.05, 0.1) is 7.11 Å². The van der Waals surface area contributed by atoms with Crippen LogP contribution in [0.1, 0.15) is 11.3 Å². The Hall–Kier alpha value is -2.31. The first kappa shape index (κ1) is 14.1. The van der Waals surface area contributed by atoms with E-state index in [0.717, 1.165) is 11.6 Å². The molecule has 0 saturated carbocycles. The van der Waals surface area contributed by atoms with Crippen LogP contribution >= 0.6 is 0 Å². The third-order valence-corrected chi connectivity index (χ3v) is 2.56. The van der Waals surface area contributed by atoms with Crippen LogP contribution in [0.25, 0.3) is 0 Å². The molecule has 0 unspecified atom stereocenters. The molecule has 0 atom stereocenters. The largest absolute Gasteiger partial charge is 0.497 e. The summed E-state index contributed by atoms with van der Waals surface area (Å²) in [5.74, 6) is 0.989. The molecule has 0 aliphatic heterocycles. The van der Waals surface area contributed by atoms with Crippen molar-refractivity contribution in [2.24, 2.45) is 0 Å². The van der Waals surface area contributed by atoms with E-state index in [-0.39, 0.29) is 5.82 Å². The maximum atomic E-state index is 12.3. The maximum Gasteiger partial charge on any atom is 0.435 e. The van der Waals surface area contributed by atoms with Crippen molar-refractivity contribution >= 4 is 5.82 Å². The number of ether oxygens (including phenoxy) is 1. The van der Waals surface area contributed by atoms with Crippen LogP contribution in [0.2, 0.25) is 0 Å². The first-order chi connectivity index (χ1) is 9.49. The lowest BCUT2D eigenvalue weighted by molar-refractivity contribution is -0.141. The van der Waals surface area contributed by atoms with Crippen molar-refractivity contribution in [1.82, 2.24) is 10.2 Å². The van der Waals surface area contributed by atoms with E-state index in [1.807, 2.05) is 18.2 Å². The Morgan fingerprint density at radius 3 is 2.55 bits per heavy atom. The van der Waals surface area contributed by atoms with E-state index in [2.05, 4.69) is 15.5 Å². The molecule has 0 fully saturated rings. The van der Waals surface area contributed by atoms with Gasteiger partial charge in [-0.25, -0.2) is 0 Å². The number of benzene rings is 1. The Morgan fingerprint density at radius 1 is 1.15 bits per heavy atom. The topological polar surface area (TPSA) is 47.0 Å². The number of aromatic nitrogens is 2. The number of nitrogens with zero attached hydrogens (tertiary/aromatic N) is 2. The molecule has 106 valence electrons. The Bertz CT molecular complexity index is 570. The number of hydrogen-bond acceptors (Lipinski definition) is 4. The summed E-state index contributed by atoms with van der Waals surface area (Å²) in [6.07, 6.45) is -4.47. The fourth-order valence-corrected chi connectivity index (χ4v) is 1.55. The van der Waals surface area contributed by atoms with E-state index in [1.165, 1.54) is 6.07 Å². The van der Waals surface area contributed by atoms with Gasteiger partial charge in [-0.2, -0.15) is 13.2 Å². The highest BCUT2D eigenvalue weighted by atomic mass is 19.4. The highest BCUT2D eigenvalue weighted by molar-refractivity contribution is 5.36. The number of halogens is 3. The molecule has 2 aromatic rings. The predicted molar refractivity (Wildman–Crippen MR) is 67.4 cm³/mol. The fraction of sp³-hybridized carbons (Fsp3) is 0.231. The molecule has 0 aliphatic carbocycles. The molecule has 0 bridgehead atoms. The fourth-order valence-electron chi connectivity index (χ4n) is 1.55. The Labute approximate surface area is 113 Å². The quantitative estimate of drug-likeness (QED) is 0.936. The van der Waals surface area contributed by atoms with Gasteiger partial charge in [0, 0.05) is 6.54 Å². The summed E-state index contributed by atoms with van der Waals surface area (Å²) in [6, 6.07) is 9.46. The van der Waals surface area contributed by atoms with Crippen LogP contribution in [0.4, 0.5) is 19.0 Å². The van der Waals surface area contributed by atoms with Gasteiger partial charge >= 0.3 is 6.18 Å². The number of rotatable bonds is 4. The van der Waals surface area contributed by atoms with Crippen LogP contribution in [0.5, 0.6) is 5.75 Å². The van der Waals surface area contributed by atoms with Gasteiger partial charge in [-0.15, -0.1) is 10.2 Å². The average Bonchev–Trinajstić information content (AvgIpc) is 2.45. The van der Waals surface area contributed by atoms with E-state index < -0.39 is 11.9 Å². The minimum absolute atomic E-state index is 0.279. The van der Waals surface area contributed by atoms with E-state index in [4.69, 9.17) is 4.74 Å². The van der Waals surface area contributed by atoms with E-state index >= 15 is 0 Å². The lowest BCUT2D eigenvalue weighted by Gasteiger charge is -2.08. The second-order valence-electron chi connectivity index (χ2n) is 4.01. The van der Waals surface area contributed by atoms with E-state index in [9.17, 15) is 13.2 Å². The van der Waals surface area contributed by atoms with Crippen LogP contribution < -0.4 is 10.1 Å². The summed E-state index contributed by atoms with van der Waals surface area (Å²) in [5.41, 5.74) is -0.0875. The first-order valence-electron chi connectivity index (χ1n) is 5.77. The second kappa shape index (κ2) is 5.77. The van der Waals surface area contributed by atoms with Crippen LogP contribution in [-0.4, -0.2) is 17.3 Å². The van der Waals surface area contributed by atoms with Gasteiger partial charge in [-0.1, -0.05) is 12.1 Å². The van der Waals surface area contributed by atoms with E-state index in [0.29, 0.717) is 12.3 Å². The Kier molecular flexibility index (Phi) is 4.07. The van der Waals surface area contributed by atoms with Crippen molar-refractivity contribution in [3.63, 3.8) is 0 Å². The molecule has 0 aliphatic rings. The highest BCUT2D eigenvalue weighted by Crippen LogP contribution is 2.27. The number of methoxy groups -OCH3 is 1. The van der Waals surface area contributed by atoms with Crippen LogP contribution in [0.15, 0.2) is 36.4 Å². The molecule has 7 heteroatoms. The molecular weight excluding hydrogens is 271 g/mol. The minimum Gasteiger partial charge on any atom is -0.497 e. The number of hydrogen-bond donors (Lipinski definition) is 1. The summed E-state index contributed by atoms with van der Waals surface area (Å²) >= 11 is 0. The summed E-state index contributed by atoms with van der Waals surface area (Å²) in [5, 5.41) is 9.52. The minimum atomic E-state index is -4.47. The highest BCUT2D eigenvalue weighted by Gasteiger charge is 2.32. The zero-order chi connectivity index (χ0) is 14.6. The lowest BCUT2D eigenvalue weighted by Crippen LogP contribution is -2.10. The molecule has 1 aromatic carbocycles. The Morgan fingerprint density at radius 2 is 1.95 bits per heavy atom. The van der Waals surface area contributed by atoms with Gasteiger partial charge in [0.1, 0.15) is 11.6 Å². The van der Waals surface area contributed by atoms with Gasteiger partial charge < -0.3 is 10.1 Å². The van der Waals surface area contributed by atoms with Crippen molar-refractivity contribution in [1.29, 1.82) is 0 Å². The van der Waals surface area contributed by atoms with Crippen molar-refractivity contribution in [3.8, 4) is 5.75 Å². The number of alkyl halides is 3. The third kappa shape index (κ3) is 3.59. The third-order valence-electron chi connectivity index (χ3n) is 2.56. The van der Waals surface area contributed by atoms with Crippen molar-refractivity contribution in [2.45, 2.75) is 12.7 Å². The normalized spacial score (nSPS) is 11.2. The maximum absolute atomic E-state index is 12.3. The molecule has 1 heterocycles. The molecule has 0 saturated heterocycles. The SMILES string of the molecule is COc1cccc(CNc2ccc(C(F)(F)F)nn2)c1. The molecule has 20 heavy (non-hydrogen) atoms. The first-order valence-corrected chi connectivity index (χ1v) is 5.77. The molecule has 1 N–H and O–H groups in total. The van der Waals surface area contributed by atoms with Crippen molar-refractivity contribution in [2.75, 3.05) is 12.4 Å². The second-order valence-corrected chi connectivity index (χ2v) is 4.01. The van der Waals surface area contributed by atoms with Gasteiger partial charge in [0.15, 0.2) is 5.69 Å². The molecule has 0 amide bonds. The van der Waals surface area contributed by atoms with Gasteiger partial charge in [0.25, 0.3) is 0 Å². The monoisotopic (exact) mass is 283 g/mol. The van der Waals surface area contributed by atoms with Crippen LogP contribution in [0, 0.1) is 0 Å². The summed E-state index contributed by atoms with van der Waals surface area (Å²) in [4.78, 5) is 0. The molecule has 0 radical (unpaired) electrons. The molecule has 0 spiro atoms. The lowest BCUT2D eigenvalue weighted by atomic mass is 10.2. The van der Waals surface area contributed by atoms with Crippen molar-refractivity contribution in [3.05, 3.63) is 47.7 Å². The van der Waals surface area contributed by atoms with Crippen LogP contribution in [-0.2, 0) is 12.7 Å². The predicted octanol–water partition coefficient (Wildman–Crippen LogP) is 3.12. The van der Waals surface area contributed by atoms with E-state index in [1.54, 1.807) is 13.2 Å². The zero-order valence-electron chi connectivity index (χ0n) is 10.6. The summed E-state index contributed by atoms with van der Waals surface area (Å²) < 4.78 is 42.0. The zero-order valence-corrected chi connectivity index (χ0v) is 10.6. The van der Waals surface area contributed by atoms with Crippen LogP contribution in [0.3, 0.4) is 0 Å². The molecule has 4 nitrogen and oxygen atoms in total. The van der Waals surface area contributed by atoms with Gasteiger partial charge in [-0.05, 0) is 29.8 Å². The van der Waals surface area contributed by atoms with Gasteiger partial charge in [-0.3, -0.25) is 0 Å². The molecule has 2 rings (SSSR count). The van der Waals surface area contributed by atoms with Crippen molar-refractivity contribution < 1.29 is 17.9 Å². The average molecular weight is 283 g/mol. The number of nitrogens with one attached hydrogen (secondary N) is 1. The Balaban J connectivity index is 2.00. The summed E-state index contributed by atoms with van der Waals surface area (Å²) in [7, 11) is 1.56. The molecule has 1 aromatic heterocycles. The van der Waals surface area contributed by atoms with Gasteiger partial charge in [0.2, 0.25) is 0 Å².